The first kappa shape index (κ1) is 12.4. The number of piperazine rings is 1. The van der Waals surface area contributed by atoms with Gasteiger partial charge in [-0.2, -0.15) is 0 Å². The van der Waals surface area contributed by atoms with E-state index < -0.39 is 0 Å². The van der Waals surface area contributed by atoms with Crippen LogP contribution in [0.3, 0.4) is 0 Å². The number of hydrogen-bond acceptors (Lipinski definition) is 4. The molecule has 96 valence electrons. The Bertz CT molecular complexity index is 465. The number of nitrogens with zero attached hydrogens (tertiary/aromatic N) is 2. The molecule has 2 rings (SSSR count). The quantitative estimate of drug-likeness (QED) is 0.486. The van der Waals surface area contributed by atoms with Gasteiger partial charge in [0, 0.05) is 31.7 Å². The van der Waals surface area contributed by atoms with Gasteiger partial charge in [0.15, 0.2) is 5.78 Å². The van der Waals surface area contributed by atoms with Gasteiger partial charge in [0.25, 0.3) is 0 Å². The average molecular weight is 247 g/mol. The molecule has 1 aromatic carbocycles. The van der Waals surface area contributed by atoms with Crippen LogP contribution in [0.2, 0.25) is 0 Å². The average Bonchev–Trinajstić information content (AvgIpc) is 2.38. The van der Waals surface area contributed by atoms with Gasteiger partial charge in [0.2, 0.25) is 6.41 Å². The minimum atomic E-state index is 0.0130. The summed E-state index contributed by atoms with van der Waals surface area (Å²) in [5.41, 5.74) is 8.16. The molecule has 0 saturated carbocycles. The summed E-state index contributed by atoms with van der Waals surface area (Å²) < 4.78 is 0. The number of rotatable bonds is 3. The first-order chi connectivity index (χ1) is 8.61. The Balaban J connectivity index is 2.14. The molecule has 0 unspecified atom stereocenters. The van der Waals surface area contributed by atoms with Crippen molar-refractivity contribution < 1.29 is 9.59 Å². The largest absolute Gasteiger partial charge is 0.397 e. The van der Waals surface area contributed by atoms with Crippen molar-refractivity contribution in [2.45, 2.75) is 6.92 Å². The van der Waals surface area contributed by atoms with Gasteiger partial charge >= 0.3 is 0 Å². The Kier molecular flexibility index (Phi) is 3.50. The van der Waals surface area contributed by atoms with E-state index in [9.17, 15) is 9.59 Å². The Morgan fingerprint density at radius 3 is 2.44 bits per heavy atom. The molecule has 0 atom stereocenters. The summed E-state index contributed by atoms with van der Waals surface area (Å²) in [6.45, 7) is 4.47. The van der Waals surface area contributed by atoms with Crippen LogP contribution >= 0.6 is 0 Å². The molecule has 5 heteroatoms. The molecule has 1 amide bonds. The van der Waals surface area contributed by atoms with Crippen LogP contribution in [-0.4, -0.2) is 43.3 Å². The molecule has 0 spiro atoms. The summed E-state index contributed by atoms with van der Waals surface area (Å²) >= 11 is 0. The Morgan fingerprint density at radius 1 is 1.28 bits per heavy atom. The second-order valence-corrected chi connectivity index (χ2v) is 4.46. The molecule has 0 aliphatic carbocycles. The van der Waals surface area contributed by atoms with Crippen LogP contribution in [-0.2, 0) is 4.79 Å². The first-order valence-corrected chi connectivity index (χ1v) is 5.96. The SMILES string of the molecule is CC(=O)c1ccc(N2CCN(C=O)CC2)c(N)c1. The molecule has 0 radical (unpaired) electrons. The summed E-state index contributed by atoms with van der Waals surface area (Å²) in [4.78, 5) is 25.8. The lowest BCUT2D eigenvalue weighted by Gasteiger charge is -2.34. The fourth-order valence-corrected chi connectivity index (χ4v) is 2.13. The van der Waals surface area contributed by atoms with Crippen LogP contribution in [0.5, 0.6) is 0 Å². The number of carbonyl (C=O) groups excluding carboxylic acids is 2. The van der Waals surface area contributed by atoms with Gasteiger partial charge in [-0.1, -0.05) is 0 Å². The van der Waals surface area contributed by atoms with E-state index >= 15 is 0 Å². The first-order valence-electron chi connectivity index (χ1n) is 5.96. The molecule has 18 heavy (non-hydrogen) atoms. The van der Waals surface area contributed by atoms with E-state index in [2.05, 4.69) is 4.90 Å². The van der Waals surface area contributed by atoms with Crippen molar-refractivity contribution in [1.82, 2.24) is 4.90 Å². The number of hydrogen-bond donors (Lipinski definition) is 1. The molecule has 1 aliphatic rings. The maximum absolute atomic E-state index is 11.3. The van der Waals surface area contributed by atoms with Gasteiger partial charge in [-0.05, 0) is 25.1 Å². The molecular weight excluding hydrogens is 230 g/mol. The van der Waals surface area contributed by atoms with Crippen molar-refractivity contribution in [3.8, 4) is 0 Å². The highest BCUT2D eigenvalue weighted by Gasteiger charge is 2.17. The number of ketones is 1. The third-order valence-corrected chi connectivity index (χ3v) is 3.24. The zero-order valence-corrected chi connectivity index (χ0v) is 10.4. The summed E-state index contributed by atoms with van der Waals surface area (Å²) in [7, 11) is 0. The molecule has 0 bridgehead atoms. The van der Waals surface area contributed by atoms with Gasteiger partial charge in [-0.25, -0.2) is 0 Å². The fourth-order valence-electron chi connectivity index (χ4n) is 2.13. The number of nitrogens with two attached hydrogens (primary N) is 1. The molecule has 1 fully saturated rings. The molecule has 1 heterocycles. The Morgan fingerprint density at radius 2 is 1.94 bits per heavy atom. The summed E-state index contributed by atoms with van der Waals surface area (Å²) in [5.74, 6) is 0.0130. The summed E-state index contributed by atoms with van der Waals surface area (Å²) in [5, 5.41) is 0. The van der Waals surface area contributed by atoms with E-state index in [1.54, 1.807) is 17.0 Å². The third-order valence-electron chi connectivity index (χ3n) is 3.24. The molecular formula is C13H17N3O2. The minimum Gasteiger partial charge on any atom is -0.397 e. The van der Waals surface area contributed by atoms with Gasteiger partial charge in [-0.15, -0.1) is 0 Å². The highest BCUT2D eigenvalue weighted by atomic mass is 16.1. The van der Waals surface area contributed by atoms with Crippen molar-refractivity contribution in [2.24, 2.45) is 0 Å². The highest BCUT2D eigenvalue weighted by molar-refractivity contribution is 5.96. The maximum atomic E-state index is 11.3. The van der Waals surface area contributed by atoms with Crippen molar-refractivity contribution in [3.05, 3.63) is 23.8 Å². The zero-order chi connectivity index (χ0) is 13.1. The van der Waals surface area contributed by atoms with Crippen LogP contribution in [0.15, 0.2) is 18.2 Å². The minimum absolute atomic E-state index is 0.0130. The van der Waals surface area contributed by atoms with E-state index in [4.69, 9.17) is 5.73 Å². The summed E-state index contributed by atoms with van der Waals surface area (Å²) in [6.07, 6.45) is 0.875. The van der Waals surface area contributed by atoms with Crippen LogP contribution in [0.25, 0.3) is 0 Å². The van der Waals surface area contributed by atoms with Crippen molar-refractivity contribution in [3.63, 3.8) is 0 Å². The topological polar surface area (TPSA) is 66.6 Å². The van der Waals surface area contributed by atoms with Gasteiger partial charge in [0.05, 0.1) is 11.4 Å². The lowest BCUT2D eigenvalue weighted by molar-refractivity contribution is -0.118. The predicted molar refractivity (Wildman–Crippen MR) is 70.7 cm³/mol. The zero-order valence-electron chi connectivity index (χ0n) is 10.4. The van der Waals surface area contributed by atoms with Crippen molar-refractivity contribution in [2.75, 3.05) is 36.8 Å². The maximum Gasteiger partial charge on any atom is 0.209 e. The Hall–Kier alpha value is -2.04. The summed E-state index contributed by atoms with van der Waals surface area (Å²) in [6, 6.07) is 5.38. The van der Waals surface area contributed by atoms with E-state index in [0.29, 0.717) is 24.3 Å². The normalized spacial score (nSPS) is 15.6. The molecule has 1 saturated heterocycles. The van der Waals surface area contributed by atoms with Crippen molar-refractivity contribution in [1.29, 1.82) is 0 Å². The number of amides is 1. The van der Waals surface area contributed by atoms with Gasteiger partial charge in [0.1, 0.15) is 0 Å². The van der Waals surface area contributed by atoms with Crippen LogP contribution in [0.1, 0.15) is 17.3 Å². The lowest BCUT2D eigenvalue weighted by Crippen LogP contribution is -2.45. The van der Waals surface area contributed by atoms with Crippen molar-refractivity contribution >= 4 is 23.6 Å². The second kappa shape index (κ2) is 5.08. The number of carbonyl (C=O) groups is 2. The van der Waals surface area contributed by atoms with Crippen LogP contribution in [0.4, 0.5) is 11.4 Å². The third kappa shape index (κ3) is 2.45. The van der Waals surface area contributed by atoms with E-state index in [0.717, 1.165) is 25.2 Å². The molecule has 1 aromatic rings. The smallest absolute Gasteiger partial charge is 0.209 e. The second-order valence-electron chi connectivity index (χ2n) is 4.46. The molecule has 1 aliphatic heterocycles. The van der Waals surface area contributed by atoms with Crippen LogP contribution in [0, 0.1) is 0 Å². The number of benzene rings is 1. The monoisotopic (exact) mass is 247 g/mol. The standard InChI is InChI=1S/C13H17N3O2/c1-10(18)11-2-3-13(12(14)8-11)16-6-4-15(9-17)5-7-16/h2-3,8-9H,4-7,14H2,1H3. The number of Topliss-reactive ketones (excluding diaryl/α,β-unsaturated/α-hetero) is 1. The van der Waals surface area contributed by atoms with E-state index in [1.807, 2.05) is 6.07 Å². The number of anilines is 2. The lowest BCUT2D eigenvalue weighted by atomic mass is 10.1. The van der Waals surface area contributed by atoms with Gasteiger partial charge < -0.3 is 15.5 Å². The van der Waals surface area contributed by atoms with E-state index in [-0.39, 0.29) is 5.78 Å². The fraction of sp³-hybridized carbons (Fsp3) is 0.385. The number of nitrogen functional groups attached to an aromatic ring is 1. The predicted octanol–water partition coefficient (Wildman–Crippen LogP) is 0.750. The molecule has 0 aromatic heterocycles. The Labute approximate surface area is 106 Å². The molecule has 5 nitrogen and oxygen atoms in total. The van der Waals surface area contributed by atoms with E-state index in [1.165, 1.54) is 6.92 Å². The molecule has 2 N–H and O–H groups in total. The van der Waals surface area contributed by atoms with Gasteiger partial charge in [-0.3, -0.25) is 9.59 Å². The van der Waals surface area contributed by atoms with Crippen LogP contribution < -0.4 is 10.6 Å². The highest BCUT2D eigenvalue weighted by Crippen LogP contribution is 2.25.